The summed E-state index contributed by atoms with van der Waals surface area (Å²) >= 11 is 0. The normalized spacial score (nSPS) is 44.6. The summed E-state index contributed by atoms with van der Waals surface area (Å²) in [6, 6.07) is 0. The molecule has 0 aliphatic carbocycles. The fraction of sp³-hybridized carbons (Fsp3) is 1.00. The molecule has 136 valence electrons. The van der Waals surface area contributed by atoms with E-state index in [9.17, 15) is 10.2 Å². The van der Waals surface area contributed by atoms with Gasteiger partial charge in [0.1, 0.15) is 0 Å². The number of aliphatic hydroxyl groups is 2. The smallest absolute Gasteiger partial charge is 0.169 e. The van der Waals surface area contributed by atoms with Crippen LogP contribution >= 0.6 is 8.58 Å². The van der Waals surface area contributed by atoms with E-state index in [1.54, 1.807) is 0 Å². The van der Waals surface area contributed by atoms with Gasteiger partial charge in [-0.1, -0.05) is 53.4 Å². The van der Waals surface area contributed by atoms with Crippen LogP contribution in [0.4, 0.5) is 0 Å². The first kappa shape index (κ1) is 19.6. The van der Waals surface area contributed by atoms with Gasteiger partial charge in [0.25, 0.3) is 0 Å². The molecule has 2 N–H and O–H groups in total. The van der Waals surface area contributed by atoms with Crippen LogP contribution in [0.2, 0.25) is 0 Å². The summed E-state index contributed by atoms with van der Waals surface area (Å²) in [5.41, 5.74) is 0. The van der Waals surface area contributed by atoms with Crippen LogP contribution in [0.25, 0.3) is 0 Å². The number of rotatable bonds is 8. The van der Waals surface area contributed by atoms with Crippen molar-refractivity contribution in [2.45, 2.75) is 120 Å². The Morgan fingerprint density at radius 1 is 0.696 bits per heavy atom. The van der Waals surface area contributed by atoms with Crippen molar-refractivity contribution in [3.8, 4) is 0 Å². The van der Waals surface area contributed by atoms with Gasteiger partial charge in [0.2, 0.25) is 0 Å². The first-order valence-corrected chi connectivity index (χ1v) is 10.7. The zero-order chi connectivity index (χ0) is 17.2. The highest BCUT2D eigenvalue weighted by Gasteiger charge is 2.61. The Hall–Kier alpha value is 0.310. The summed E-state index contributed by atoms with van der Waals surface area (Å²) in [6.45, 7) is 8.64. The minimum atomic E-state index is -1.15. The maximum atomic E-state index is 11.2. The molecule has 0 radical (unpaired) electrons. The van der Waals surface area contributed by atoms with Crippen molar-refractivity contribution in [2.24, 2.45) is 0 Å². The molecule has 3 aliphatic rings. The van der Waals surface area contributed by atoms with Gasteiger partial charge in [0.15, 0.2) is 11.6 Å². The van der Waals surface area contributed by atoms with Crippen LogP contribution in [0.3, 0.4) is 0 Å². The summed E-state index contributed by atoms with van der Waals surface area (Å²) in [7, 11) is 0.858. The second kappa shape index (κ2) is 7.28. The van der Waals surface area contributed by atoms with Crippen molar-refractivity contribution in [3.63, 3.8) is 0 Å². The highest BCUT2D eigenvalue weighted by Crippen LogP contribution is 2.71. The van der Waals surface area contributed by atoms with Crippen molar-refractivity contribution < 1.29 is 14.9 Å². The van der Waals surface area contributed by atoms with Crippen LogP contribution in [0.1, 0.15) is 98.3 Å². The predicted octanol–water partition coefficient (Wildman–Crippen LogP) is 4.93. The summed E-state index contributed by atoms with van der Waals surface area (Å²) < 4.78 is 6.11. The Kier molecular flexibility index (Phi) is 6.21. The third kappa shape index (κ3) is 4.29. The molecule has 2 bridgehead atoms. The number of hydrogen-bond acceptors (Lipinski definition) is 3. The molecule has 0 amide bonds. The van der Waals surface area contributed by atoms with Crippen molar-refractivity contribution in [3.05, 3.63) is 0 Å². The van der Waals surface area contributed by atoms with E-state index in [4.69, 9.17) is 4.74 Å². The molecule has 3 rings (SSSR count). The molecule has 3 aliphatic heterocycles. The second-order valence-electron chi connectivity index (χ2n) is 8.21. The van der Waals surface area contributed by atoms with Crippen LogP contribution in [-0.4, -0.2) is 32.1 Å². The zero-order valence-corrected chi connectivity index (χ0v) is 16.6. The molecule has 3 heterocycles. The maximum Gasteiger partial charge on any atom is 0.169 e. The highest BCUT2D eigenvalue weighted by atomic mass is 31.1. The van der Waals surface area contributed by atoms with Crippen molar-refractivity contribution in [2.75, 3.05) is 0 Å². The van der Waals surface area contributed by atoms with Crippen molar-refractivity contribution >= 4 is 8.58 Å². The number of hydrogen-bond donors (Lipinski definition) is 2. The number of fused-ring (bicyclic) bond motifs is 4. The quantitative estimate of drug-likeness (QED) is 0.614. The Labute approximate surface area is 144 Å². The molecule has 4 unspecified atom stereocenters. The molecule has 23 heavy (non-hydrogen) atoms. The lowest BCUT2D eigenvalue weighted by Crippen LogP contribution is -2.61. The lowest BCUT2D eigenvalue weighted by Gasteiger charge is -2.63. The van der Waals surface area contributed by atoms with E-state index in [0.717, 1.165) is 34.3 Å². The molecule has 3 saturated heterocycles. The average molecular weight is 344 g/mol. The van der Waals surface area contributed by atoms with E-state index >= 15 is 0 Å². The first-order valence-electron chi connectivity index (χ1n) is 9.72. The minimum absolute atomic E-state index is 0.251. The molecule has 3 nitrogen and oxygen atoms in total. The third-order valence-corrected chi connectivity index (χ3v) is 7.82. The monoisotopic (exact) mass is 344 g/mol. The standard InChI is InChI=1S/C19H37O3P/c1-5-9-16-13-17(23-16,10-6-2)15-19(21,12-8-4)22-18(20,14-16)11-7-3/h20-21,23H,5-15H2,1-4H3. The molecule has 0 spiro atoms. The summed E-state index contributed by atoms with van der Waals surface area (Å²) in [5.74, 6) is -2.31. The number of ether oxygens (including phenoxy) is 1. The molecule has 0 saturated carbocycles. The molecule has 4 heteroatoms. The van der Waals surface area contributed by atoms with Gasteiger partial charge in [-0.3, -0.25) is 0 Å². The fourth-order valence-corrected chi connectivity index (χ4v) is 8.54. The first-order chi connectivity index (χ1) is 10.8. The Balaban J connectivity index is 2.30. The van der Waals surface area contributed by atoms with Crippen LogP contribution < -0.4 is 0 Å². The van der Waals surface area contributed by atoms with Crippen LogP contribution in [-0.2, 0) is 4.74 Å². The largest absolute Gasteiger partial charge is 0.365 e. The molecular formula is C19H37O3P. The van der Waals surface area contributed by atoms with Gasteiger partial charge in [0, 0.05) is 25.7 Å². The second-order valence-corrected chi connectivity index (χ2v) is 10.6. The van der Waals surface area contributed by atoms with Crippen LogP contribution in [0.5, 0.6) is 0 Å². The summed E-state index contributed by atoms with van der Waals surface area (Å²) in [4.78, 5) is 0. The van der Waals surface area contributed by atoms with E-state index in [2.05, 4.69) is 27.7 Å². The van der Waals surface area contributed by atoms with Crippen LogP contribution in [0.15, 0.2) is 0 Å². The fourth-order valence-electron chi connectivity index (χ4n) is 5.38. The van der Waals surface area contributed by atoms with Gasteiger partial charge in [0.05, 0.1) is 0 Å². The lowest BCUT2D eigenvalue weighted by atomic mass is 9.75. The van der Waals surface area contributed by atoms with E-state index < -0.39 is 11.6 Å². The highest BCUT2D eigenvalue weighted by molar-refractivity contribution is 7.44. The van der Waals surface area contributed by atoms with Gasteiger partial charge in [-0.05, 0) is 29.6 Å². The summed E-state index contributed by atoms with van der Waals surface area (Å²) in [5, 5.41) is 22.8. The lowest BCUT2D eigenvalue weighted by molar-refractivity contribution is -0.352. The van der Waals surface area contributed by atoms with E-state index in [-0.39, 0.29) is 10.3 Å². The van der Waals surface area contributed by atoms with Gasteiger partial charge in [-0.25, -0.2) is 0 Å². The van der Waals surface area contributed by atoms with Gasteiger partial charge >= 0.3 is 0 Å². The summed E-state index contributed by atoms with van der Waals surface area (Å²) in [6.07, 6.45) is 10.3. The molecular weight excluding hydrogens is 307 g/mol. The van der Waals surface area contributed by atoms with Gasteiger partial charge < -0.3 is 14.9 Å². The van der Waals surface area contributed by atoms with Crippen molar-refractivity contribution in [1.82, 2.24) is 0 Å². The Morgan fingerprint density at radius 3 is 1.35 bits per heavy atom. The average Bonchev–Trinajstić information content (AvgIpc) is 2.35. The van der Waals surface area contributed by atoms with Crippen LogP contribution in [0, 0.1) is 0 Å². The van der Waals surface area contributed by atoms with E-state index in [1.165, 1.54) is 19.3 Å². The molecule has 0 aromatic carbocycles. The van der Waals surface area contributed by atoms with Crippen molar-refractivity contribution in [1.29, 1.82) is 0 Å². The predicted molar refractivity (Wildman–Crippen MR) is 98.2 cm³/mol. The van der Waals surface area contributed by atoms with Gasteiger partial charge in [-0.15, -0.1) is 8.58 Å². The topological polar surface area (TPSA) is 49.7 Å². The molecule has 4 atom stereocenters. The minimum Gasteiger partial charge on any atom is -0.365 e. The van der Waals surface area contributed by atoms with E-state index in [1.807, 2.05) is 0 Å². The SMILES string of the molecule is CCCC1(O)CC2(CCC)CC(CCC)(CC(O)(CCC)O1)P2. The maximum absolute atomic E-state index is 11.2. The Bertz CT molecular complexity index is 352. The van der Waals surface area contributed by atoms with Gasteiger partial charge in [-0.2, -0.15) is 0 Å². The molecule has 3 fully saturated rings. The zero-order valence-electron chi connectivity index (χ0n) is 15.6. The molecule has 0 aromatic heterocycles. The Morgan fingerprint density at radius 2 is 1.04 bits per heavy atom. The molecule has 0 aromatic rings. The third-order valence-electron chi connectivity index (χ3n) is 5.55. The van der Waals surface area contributed by atoms with E-state index in [0.29, 0.717) is 25.7 Å².